The third-order valence-electron chi connectivity index (χ3n) is 3.81. The predicted octanol–water partition coefficient (Wildman–Crippen LogP) is 2.21. The Morgan fingerprint density at radius 1 is 1.32 bits per heavy atom. The minimum absolute atomic E-state index is 0.252. The van der Waals surface area contributed by atoms with Gasteiger partial charge in [-0.15, -0.1) is 0 Å². The fourth-order valence-corrected chi connectivity index (χ4v) is 2.46. The van der Waals surface area contributed by atoms with Crippen LogP contribution in [0.2, 0.25) is 0 Å². The first-order chi connectivity index (χ1) is 9.08. The Morgan fingerprint density at radius 2 is 2.00 bits per heavy atom. The molecule has 1 aromatic rings. The van der Waals surface area contributed by atoms with Crippen LogP contribution in [0.25, 0.3) is 0 Å². The largest absolute Gasteiger partial charge is 0.314 e. The van der Waals surface area contributed by atoms with Crippen molar-refractivity contribution < 1.29 is 4.79 Å². The molecule has 1 fully saturated rings. The second-order valence-corrected chi connectivity index (χ2v) is 5.68. The van der Waals surface area contributed by atoms with Gasteiger partial charge in [0, 0.05) is 31.7 Å². The van der Waals surface area contributed by atoms with E-state index in [0.717, 1.165) is 37.3 Å². The molecule has 3 heteroatoms. The van der Waals surface area contributed by atoms with Gasteiger partial charge in [0.15, 0.2) is 5.78 Å². The SMILES string of the molecule is Cc1ccc(C(C)C)cc1C(=O)CN1CCNCC1. The van der Waals surface area contributed by atoms with Crippen LogP contribution < -0.4 is 5.32 Å². The van der Waals surface area contributed by atoms with Gasteiger partial charge in [-0.05, 0) is 30.0 Å². The maximum absolute atomic E-state index is 12.4. The predicted molar refractivity (Wildman–Crippen MR) is 78.9 cm³/mol. The van der Waals surface area contributed by atoms with Crippen LogP contribution in [0.4, 0.5) is 0 Å². The summed E-state index contributed by atoms with van der Waals surface area (Å²) in [6.45, 7) is 10.8. The molecular weight excluding hydrogens is 236 g/mol. The molecule has 1 aliphatic heterocycles. The van der Waals surface area contributed by atoms with Gasteiger partial charge in [0.05, 0.1) is 6.54 Å². The molecular formula is C16H24N2O. The van der Waals surface area contributed by atoms with Crippen molar-refractivity contribution in [1.29, 1.82) is 0 Å². The summed E-state index contributed by atoms with van der Waals surface area (Å²) in [5, 5.41) is 3.31. The van der Waals surface area contributed by atoms with E-state index in [-0.39, 0.29) is 5.78 Å². The van der Waals surface area contributed by atoms with Crippen LogP contribution >= 0.6 is 0 Å². The highest BCUT2D eigenvalue weighted by atomic mass is 16.1. The summed E-state index contributed by atoms with van der Waals surface area (Å²) in [4.78, 5) is 14.7. The molecule has 0 atom stereocenters. The maximum Gasteiger partial charge on any atom is 0.177 e. The average molecular weight is 260 g/mol. The van der Waals surface area contributed by atoms with Crippen molar-refractivity contribution in [2.24, 2.45) is 0 Å². The van der Waals surface area contributed by atoms with Crippen molar-refractivity contribution in [3.8, 4) is 0 Å². The van der Waals surface area contributed by atoms with Crippen LogP contribution in [-0.2, 0) is 0 Å². The van der Waals surface area contributed by atoms with Gasteiger partial charge < -0.3 is 5.32 Å². The first-order valence-corrected chi connectivity index (χ1v) is 7.14. The number of hydrogen-bond acceptors (Lipinski definition) is 3. The van der Waals surface area contributed by atoms with Crippen molar-refractivity contribution >= 4 is 5.78 Å². The maximum atomic E-state index is 12.4. The monoisotopic (exact) mass is 260 g/mol. The van der Waals surface area contributed by atoms with E-state index in [0.29, 0.717) is 12.5 Å². The molecule has 0 radical (unpaired) electrons. The van der Waals surface area contributed by atoms with E-state index in [4.69, 9.17) is 0 Å². The van der Waals surface area contributed by atoms with E-state index >= 15 is 0 Å². The molecule has 0 spiro atoms. The van der Waals surface area contributed by atoms with Crippen LogP contribution in [0, 0.1) is 6.92 Å². The van der Waals surface area contributed by atoms with Crippen molar-refractivity contribution in [2.75, 3.05) is 32.7 Å². The summed E-state index contributed by atoms with van der Waals surface area (Å²) in [6, 6.07) is 6.27. The minimum Gasteiger partial charge on any atom is -0.314 e. The lowest BCUT2D eigenvalue weighted by molar-refractivity contribution is 0.0921. The molecule has 0 amide bonds. The molecule has 1 heterocycles. The van der Waals surface area contributed by atoms with Gasteiger partial charge in [0.1, 0.15) is 0 Å². The Kier molecular flexibility index (Phi) is 4.72. The van der Waals surface area contributed by atoms with Gasteiger partial charge in [0.2, 0.25) is 0 Å². The van der Waals surface area contributed by atoms with Gasteiger partial charge >= 0.3 is 0 Å². The molecule has 1 aliphatic rings. The highest BCUT2D eigenvalue weighted by Crippen LogP contribution is 2.19. The van der Waals surface area contributed by atoms with E-state index in [2.05, 4.69) is 42.3 Å². The van der Waals surface area contributed by atoms with E-state index in [1.807, 2.05) is 6.92 Å². The standard InChI is InChI=1S/C16H24N2O/c1-12(2)14-5-4-13(3)15(10-14)16(19)11-18-8-6-17-7-9-18/h4-5,10,12,17H,6-9,11H2,1-3H3. The topological polar surface area (TPSA) is 32.3 Å². The Bertz CT molecular complexity index is 448. The highest BCUT2D eigenvalue weighted by molar-refractivity contribution is 5.99. The molecule has 3 nitrogen and oxygen atoms in total. The van der Waals surface area contributed by atoms with Gasteiger partial charge in [-0.1, -0.05) is 26.0 Å². The van der Waals surface area contributed by atoms with Crippen LogP contribution in [0.15, 0.2) is 18.2 Å². The lowest BCUT2D eigenvalue weighted by Crippen LogP contribution is -2.45. The summed E-state index contributed by atoms with van der Waals surface area (Å²) < 4.78 is 0. The van der Waals surface area contributed by atoms with Crippen LogP contribution in [0.3, 0.4) is 0 Å². The van der Waals surface area contributed by atoms with Gasteiger partial charge in [0.25, 0.3) is 0 Å². The summed E-state index contributed by atoms with van der Waals surface area (Å²) in [6.07, 6.45) is 0. The second kappa shape index (κ2) is 6.31. The molecule has 0 unspecified atom stereocenters. The zero-order chi connectivity index (χ0) is 13.8. The molecule has 1 aromatic carbocycles. The molecule has 0 bridgehead atoms. The average Bonchev–Trinajstić information content (AvgIpc) is 2.40. The zero-order valence-corrected chi connectivity index (χ0v) is 12.2. The minimum atomic E-state index is 0.252. The summed E-state index contributed by atoms with van der Waals surface area (Å²) >= 11 is 0. The Labute approximate surface area is 116 Å². The van der Waals surface area contributed by atoms with Gasteiger partial charge in [-0.2, -0.15) is 0 Å². The second-order valence-electron chi connectivity index (χ2n) is 5.68. The zero-order valence-electron chi connectivity index (χ0n) is 12.2. The fraction of sp³-hybridized carbons (Fsp3) is 0.562. The smallest absolute Gasteiger partial charge is 0.177 e. The van der Waals surface area contributed by atoms with Crippen LogP contribution in [0.1, 0.15) is 41.3 Å². The molecule has 2 rings (SSSR count). The number of hydrogen-bond donors (Lipinski definition) is 1. The molecule has 104 valence electrons. The summed E-state index contributed by atoms with van der Waals surface area (Å²) in [5.74, 6) is 0.716. The molecule has 19 heavy (non-hydrogen) atoms. The molecule has 1 N–H and O–H groups in total. The number of rotatable bonds is 4. The highest BCUT2D eigenvalue weighted by Gasteiger charge is 2.17. The van der Waals surface area contributed by atoms with Crippen molar-refractivity contribution in [1.82, 2.24) is 10.2 Å². The number of ketones is 1. The van der Waals surface area contributed by atoms with E-state index < -0.39 is 0 Å². The Morgan fingerprint density at radius 3 is 2.63 bits per heavy atom. The molecule has 0 aromatic heterocycles. The third kappa shape index (κ3) is 3.64. The molecule has 0 saturated carbocycles. The van der Waals surface area contributed by atoms with Crippen LogP contribution in [0.5, 0.6) is 0 Å². The van der Waals surface area contributed by atoms with Crippen LogP contribution in [-0.4, -0.2) is 43.4 Å². The van der Waals surface area contributed by atoms with Crippen molar-refractivity contribution in [2.45, 2.75) is 26.7 Å². The quantitative estimate of drug-likeness (QED) is 0.842. The van der Waals surface area contributed by atoms with E-state index in [1.165, 1.54) is 5.56 Å². The van der Waals surface area contributed by atoms with Gasteiger partial charge in [-0.25, -0.2) is 0 Å². The number of nitrogens with zero attached hydrogens (tertiary/aromatic N) is 1. The van der Waals surface area contributed by atoms with E-state index in [9.17, 15) is 4.79 Å². The number of carbonyl (C=O) groups excluding carboxylic acids is 1. The summed E-state index contributed by atoms with van der Waals surface area (Å²) in [7, 11) is 0. The van der Waals surface area contributed by atoms with E-state index in [1.54, 1.807) is 0 Å². The number of nitrogens with one attached hydrogen (secondary N) is 1. The fourth-order valence-electron chi connectivity index (χ4n) is 2.46. The molecule has 0 aliphatic carbocycles. The number of aryl methyl sites for hydroxylation is 1. The van der Waals surface area contributed by atoms with Gasteiger partial charge in [-0.3, -0.25) is 9.69 Å². The lowest BCUT2D eigenvalue weighted by Gasteiger charge is -2.26. The van der Waals surface area contributed by atoms with Crippen molar-refractivity contribution in [3.05, 3.63) is 34.9 Å². The number of carbonyl (C=O) groups is 1. The number of piperazine rings is 1. The lowest BCUT2D eigenvalue weighted by atomic mass is 9.95. The Hall–Kier alpha value is -1.19. The van der Waals surface area contributed by atoms with Crippen molar-refractivity contribution in [3.63, 3.8) is 0 Å². The third-order valence-corrected chi connectivity index (χ3v) is 3.81. The molecule has 1 saturated heterocycles. The first kappa shape index (κ1) is 14.2. The normalized spacial score (nSPS) is 16.8. The summed E-state index contributed by atoms with van der Waals surface area (Å²) in [5.41, 5.74) is 3.23. The first-order valence-electron chi connectivity index (χ1n) is 7.14. The number of Topliss-reactive ketones (excluding diaryl/α,β-unsaturated/α-hetero) is 1. The number of benzene rings is 1. The Balaban J connectivity index is 2.11.